The van der Waals surface area contributed by atoms with Crippen molar-refractivity contribution < 1.29 is 0 Å². The van der Waals surface area contributed by atoms with Crippen LogP contribution in [0.25, 0.3) is 0 Å². The van der Waals surface area contributed by atoms with Crippen LogP contribution >= 0.6 is 0 Å². The maximum absolute atomic E-state index is 2.43. The Kier molecular flexibility index (Phi) is 2.56. The summed E-state index contributed by atoms with van der Waals surface area (Å²) < 4.78 is 0. The van der Waals surface area contributed by atoms with Gasteiger partial charge in [0.25, 0.3) is 0 Å². The van der Waals surface area contributed by atoms with Crippen LogP contribution in [-0.4, -0.2) is 0 Å². The highest BCUT2D eigenvalue weighted by atomic mass is 14.4. The molecule has 0 heterocycles. The molecule has 0 spiro atoms. The van der Waals surface area contributed by atoms with E-state index in [1.54, 1.807) is 0 Å². The van der Waals surface area contributed by atoms with Gasteiger partial charge in [-0.3, -0.25) is 0 Å². The summed E-state index contributed by atoms with van der Waals surface area (Å²) in [6.45, 7) is 12.1. The zero-order valence-corrected chi connectivity index (χ0v) is 9.41. The maximum Gasteiger partial charge on any atom is -0.0328 e. The lowest BCUT2D eigenvalue weighted by Gasteiger charge is -2.29. The zero-order valence-electron chi connectivity index (χ0n) is 9.41. The minimum absolute atomic E-state index is 0.577. The molecule has 0 amide bonds. The van der Waals surface area contributed by atoms with Gasteiger partial charge in [0.05, 0.1) is 0 Å². The molecule has 0 saturated heterocycles. The first-order valence-electron chi connectivity index (χ1n) is 5.33. The summed E-state index contributed by atoms with van der Waals surface area (Å²) in [5.41, 5.74) is 1.18. The first-order valence-corrected chi connectivity index (χ1v) is 5.33. The van der Waals surface area contributed by atoms with Crippen LogP contribution in [-0.2, 0) is 0 Å². The second-order valence-electron chi connectivity index (χ2n) is 6.09. The Morgan fingerprint density at radius 3 is 2.08 bits per heavy atom. The first-order chi connectivity index (χ1) is 5.33. The van der Waals surface area contributed by atoms with Crippen molar-refractivity contribution in [2.75, 3.05) is 0 Å². The molecule has 0 radical (unpaired) electrons. The van der Waals surface area contributed by atoms with E-state index in [9.17, 15) is 0 Å². The van der Waals surface area contributed by atoms with Crippen molar-refractivity contribution in [3.05, 3.63) is 0 Å². The van der Waals surface area contributed by atoms with Crippen molar-refractivity contribution >= 4 is 0 Å². The van der Waals surface area contributed by atoms with E-state index in [2.05, 4.69) is 34.6 Å². The van der Waals surface area contributed by atoms with Crippen LogP contribution < -0.4 is 0 Å². The van der Waals surface area contributed by atoms with Crippen LogP contribution in [0.15, 0.2) is 0 Å². The summed E-state index contributed by atoms with van der Waals surface area (Å²) in [5, 5.41) is 0. The predicted octanol–water partition coefficient (Wildman–Crippen LogP) is 4.25. The lowest BCUT2D eigenvalue weighted by atomic mass is 9.76. The Morgan fingerprint density at radius 2 is 1.50 bits per heavy atom. The second kappa shape index (κ2) is 3.05. The van der Waals surface area contributed by atoms with Gasteiger partial charge in [0.2, 0.25) is 0 Å². The van der Waals surface area contributed by atoms with Gasteiger partial charge in [0.15, 0.2) is 0 Å². The van der Waals surface area contributed by atoms with Gasteiger partial charge in [0, 0.05) is 0 Å². The van der Waals surface area contributed by atoms with Crippen LogP contribution in [0, 0.1) is 16.7 Å². The molecule has 0 aromatic rings. The van der Waals surface area contributed by atoms with E-state index >= 15 is 0 Å². The predicted molar refractivity (Wildman–Crippen MR) is 55.2 cm³/mol. The minimum atomic E-state index is 0.577. The molecule has 0 aromatic carbocycles. The van der Waals surface area contributed by atoms with Gasteiger partial charge in [-0.25, -0.2) is 0 Å². The van der Waals surface area contributed by atoms with Crippen molar-refractivity contribution in [3.63, 3.8) is 0 Å². The summed E-state index contributed by atoms with van der Waals surface area (Å²) in [6, 6.07) is 0. The highest BCUT2D eigenvalue weighted by molar-refractivity contribution is 4.84. The van der Waals surface area contributed by atoms with Crippen LogP contribution in [0.3, 0.4) is 0 Å². The fourth-order valence-corrected chi connectivity index (χ4v) is 2.03. The van der Waals surface area contributed by atoms with E-state index in [1.807, 2.05) is 0 Å². The van der Waals surface area contributed by atoms with Gasteiger partial charge >= 0.3 is 0 Å². The van der Waals surface area contributed by atoms with Gasteiger partial charge in [0.1, 0.15) is 0 Å². The smallest absolute Gasteiger partial charge is 0.0328 e. The molecular formula is C12H24. The summed E-state index contributed by atoms with van der Waals surface area (Å²) in [5.74, 6) is 0.902. The molecule has 1 atom stereocenters. The molecule has 1 unspecified atom stereocenters. The minimum Gasteiger partial charge on any atom is -0.0620 e. The third-order valence-electron chi connectivity index (χ3n) is 4.03. The molecule has 72 valence electrons. The normalized spacial score (nSPS) is 34.2. The summed E-state index contributed by atoms with van der Waals surface area (Å²) >= 11 is 0. The van der Waals surface area contributed by atoms with Crippen molar-refractivity contribution in [2.24, 2.45) is 16.7 Å². The topological polar surface area (TPSA) is 0 Å². The average molecular weight is 168 g/mol. The lowest BCUT2D eigenvalue weighted by molar-refractivity contribution is 0.212. The lowest BCUT2D eigenvalue weighted by Crippen LogP contribution is -2.19. The number of rotatable bonds is 0. The van der Waals surface area contributed by atoms with Gasteiger partial charge in [-0.1, -0.05) is 34.6 Å². The van der Waals surface area contributed by atoms with Crippen LogP contribution in [0.1, 0.15) is 60.3 Å². The van der Waals surface area contributed by atoms with Gasteiger partial charge in [-0.05, 0) is 42.4 Å². The first kappa shape index (κ1) is 10.1. The maximum atomic E-state index is 2.43. The van der Waals surface area contributed by atoms with Crippen molar-refractivity contribution in [1.29, 1.82) is 0 Å². The largest absolute Gasteiger partial charge is 0.0620 e. The highest BCUT2D eigenvalue weighted by Crippen LogP contribution is 2.45. The summed E-state index contributed by atoms with van der Waals surface area (Å²) in [6.07, 6.45) is 5.64. The van der Waals surface area contributed by atoms with Crippen molar-refractivity contribution in [2.45, 2.75) is 60.3 Å². The summed E-state index contributed by atoms with van der Waals surface area (Å²) in [4.78, 5) is 0. The van der Waals surface area contributed by atoms with Crippen molar-refractivity contribution in [1.82, 2.24) is 0 Å². The van der Waals surface area contributed by atoms with Crippen LogP contribution in [0.5, 0.6) is 0 Å². The molecule has 0 heteroatoms. The molecule has 12 heavy (non-hydrogen) atoms. The van der Waals surface area contributed by atoms with Gasteiger partial charge < -0.3 is 0 Å². The monoisotopic (exact) mass is 168 g/mol. The molecule has 1 aliphatic rings. The van der Waals surface area contributed by atoms with E-state index in [0.29, 0.717) is 10.8 Å². The zero-order chi connectivity index (χ0) is 9.41. The van der Waals surface area contributed by atoms with Crippen LogP contribution in [0.4, 0.5) is 0 Å². The SMILES string of the molecule is CC1CCC(C)(C)CCC1(C)C. The van der Waals surface area contributed by atoms with E-state index in [1.165, 1.54) is 25.7 Å². The molecule has 0 aromatic heterocycles. The van der Waals surface area contributed by atoms with Crippen molar-refractivity contribution in [3.8, 4) is 0 Å². The number of hydrogen-bond donors (Lipinski definition) is 0. The van der Waals surface area contributed by atoms with Crippen LogP contribution in [0.2, 0.25) is 0 Å². The molecular weight excluding hydrogens is 144 g/mol. The Morgan fingerprint density at radius 1 is 0.917 bits per heavy atom. The highest BCUT2D eigenvalue weighted by Gasteiger charge is 2.33. The molecule has 1 saturated carbocycles. The Balaban J connectivity index is 2.66. The summed E-state index contributed by atoms with van der Waals surface area (Å²) in [7, 11) is 0. The van der Waals surface area contributed by atoms with E-state index in [0.717, 1.165) is 5.92 Å². The van der Waals surface area contributed by atoms with E-state index in [4.69, 9.17) is 0 Å². The Labute approximate surface area is 77.7 Å². The third kappa shape index (κ3) is 2.24. The Hall–Kier alpha value is 0. The Bertz CT molecular complexity index is 153. The molecule has 1 fully saturated rings. The molecule has 0 aliphatic heterocycles. The van der Waals surface area contributed by atoms with E-state index < -0.39 is 0 Å². The molecule has 0 nitrogen and oxygen atoms in total. The quantitative estimate of drug-likeness (QED) is 0.474. The second-order valence-corrected chi connectivity index (χ2v) is 6.09. The number of hydrogen-bond acceptors (Lipinski definition) is 0. The molecule has 1 aliphatic carbocycles. The van der Waals surface area contributed by atoms with Gasteiger partial charge in [-0.15, -0.1) is 0 Å². The fourth-order valence-electron chi connectivity index (χ4n) is 2.03. The average Bonchev–Trinajstić information content (AvgIpc) is 2.03. The fraction of sp³-hybridized carbons (Fsp3) is 1.00. The van der Waals surface area contributed by atoms with E-state index in [-0.39, 0.29) is 0 Å². The van der Waals surface area contributed by atoms with Gasteiger partial charge in [-0.2, -0.15) is 0 Å². The molecule has 0 N–H and O–H groups in total. The third-order valence-corrected chi connectivity index (χ3v) is 4.03. The standard InChI is InChI=1S/C12H24/c1-10-6-7-11(2,3)8-9-12(10,4)5/h10H,6-9H2,1-5H3. The molecule has 0 bridgehead atoms. The molecule has 1 rings (SSSR count).